The number of hydrogen-bond acceptors (Lipinski definition) is 6. The highest BCUT2D eigenvalue weighted by Gasteiger charge is 2.40. The van der Waals surface area contributed by atoms with Gasteiger partial charge in [0.05, 0.1) is 46.2 Å². The van der Waals surface area contributed by atoms with E-state index >= 15 is 13.2 Å². The van der Waals surface area contributed by atoms with E-state index in [4.69, 9.17) is 9.97 Å². The van der Waals surface area contributed by atoms with E-state index in [-0.39, 0.29) is 55.8 Å². The highest BCUT2D eigenvalue weighted by molar-refractivity contribution is 5.78. The Morgan fingerprint density at radius 1 is 0.648 bits per heavy atom. The molecule has 4 aliphatic heterocycles. The molecule has 4 atom stereocenters. The fourth-order valence-corrected chi connectivity index (χ4v) is 9.61. The van der Waals surface area contributed by atoms with Gasteiger partial charge in [-0.2, -0.15) is 0 Å². The number of anilines is 2. The number of nitrogens with zero attached hydrogens (tertiary/aromatic N) is 4. The number of H-pyrrole nitrogens is 2. The summed E-state index contributed by atoms with van der Waals surface area (Å²) in [7, 11) is 0. The lowest BCUT2D eigenvalue weighted by molar-refractivity contribution is 0.124. The first-order valence-electron chi connectivity index (χ1n) is 19.6. The number of fused-ring (bicyclic) bond motifs is 2. The van der Waals surface area contributed by atoms with E-state index in [0.29, 0.717) is 11.3 Å². The van der Waals surface area contributed by atoms with Crippen LogP contribution in [0.1, 0.15) is 104 Å². The fourth-order valence-electron chi connectivity index (χ4n) is 9.61. The maximum atomic E-state index is 16.4. The van der Waals surface area contributed by atoms with Crippen LogP contribution in [-0.4, -0.2) is 46.1 Å². The van der Waals surface area contributed by atoms with Crippen LogP contribution in [0.3, 0.4) is 0 Å². The van der Waals surface area contributed by atoms with Gasteiger partial charge in [0, 0.05) is 31.6 Å². The Hall–Kier alpha value is -4.87. The van der Waals surface area contributed by atoms with Gasteiger partial charge in [-0.15, -0.1) is 0 Å². The van der Waals surface area contributed by atoms with Crippen molar-refractivity contribution in [1.82, 2.24) is 30.6 Å². The number of halogens is 3. The van der Waals surface area contributed by atoms with Crippen molar-refractivity contribution >= 4 is 33.4 Å². The van der Waals surface area contributed by atoms with Crippen LogP contribution in [0, 0.1) is 11.6 Å². The summed E-state index contributed by atoms with van der Waals surface area (Å²) in [6.45, 7) is 2.42. The van der Waals surface area contributed by atoms with Gasteiger partial charge in [0.1, 0.15) is 23.0 Å². The molecule has 6 aromatic rings. The van der Waals surface area contributed by atoms with E-state index < -0.39 is 17.3 Å². The van der Waals surface area contributed by atoms with E-state index in [9.17, 15) is 0 Å². The van der Waals surface area contributed by atoms with Crippen LogP contribution in [0.4, 0.5) is 24.5 Å². The third-order valence-electron chi connectivity index (χ3n) is 12.4. The highest BCUT2D eigenvalue weighted by atomic mass is 19.1. The van der Waals surface area contributed by atoms with Gasteiger partial charge in [-0.05, 0) is 105 Å². The van der Waals surface area contributed by atoms with Crippen LogP contribution < -0.4 is 20.4 Å². The number of alkyl halides is 1. The predicted molar refractivity (Wildman–Crippen MR) is 206 cm³/mol. The highest BCUT2D eigenvalue weighted by Crippen LogP contribution is 2.49. The van der Waals surface area contributed by atoms with Gasteiger partial charge in [-0.3, -0.25) is 0 Å². The topological polar surface area (TPSA) is 87.9 Å². The van der Waals surface area contributed by atoms with Gasteiger partial charge in [0.2, 0.25) is 0 Å². The Bertz CT molecular complexity index is 2180. The third-order valence-corrected chi connectivity index (χ3v) is 12.4. The van der Waals surface area contributed by atoms with E-state index in [2.05, 4.69) is 61.9 Å². The average molecular weight is 731 g/mol. The van der Waals surface area contributed by atoms with Crippen LogP contribution in [0.5, 0.6) is 0 Å². The summed E-state index contributed by atoms with van der Waals surface area (Å²) in [6.07, 6.45) is 6.29. The zero-order valence-corrected chi connectivity index (χ0v) is 30.2. The molecule has 10 rings (SSSR count). The molecule has 4 aliphatic rings. The Morgan fingerprint density at radius 2 is 1.19 bits per heavy atom. The quantitative estimate of drug-likeness (QED) is 0.131. The van der Waals surface area contributed by atoms with Crippen molar-refractivity contribution < 1.29 is 13.2 Å². The summed E-state index contributed by atoms with van der Waals surface area (Å²) in [5.74, 6) is 0.644. The minimum absolute atomic E-state index is 0.0833. The number of hydrogen-bond donors (Lipinski definition) is 4. The molecule has 0 saturated carbocycles. The number of benzene rings is 4. The minimum Gasteiger partial charge on any atom is -0.367 e. The first kappa shape index (κ1) is 33.7. The smallest absolute Gasteiger partial charge is 0.151 e. The molecule has 4 aromatic carbocycles. The van der Waals surface area contributed by atoms with E-state index in [1.54, 1.807) is 17.0 Å². The lowest BCUT2D eigenvalue weighted by atomic mass is 9.86. The van der Waals surface area contributed by atoms with Crippen LogP contribution in [0.25, 0.3) is 22.1 Å². The largest absolute Gasteiger partial charge is 0.367 e. The summed E-state index contributed by atoms with van der Waals surface area (Å²) in [5, 5.41) is 7.06. The lowest BCUT2D eigenvalue weighted by Crippen LogP contribution is -2.41. The van der Waals surface area contributed by atoms with Gasteiger partial charge < -0.3 is 30.4 Å². The number of imidazole rings is 2. The Morgan fingerprint density at radius 3 is 1.69 bits per heavy atom. The SMILES string of the molecule is Fc1cc(N2[C@@H](c3ccc4nc([C@@H]5CCCN5)[nH]c4c3)CC[C@@H]2c2ccc3nc([C@@H]4CCCN4)[nH]c3c2)cc(F)c1N1CCC(F)(c2ccccc2)CC1. The molecular formula is C43H45F3N8. The van der Waals surface area contributed by atoms with E-state index in [1.807, 2.05) is 18.2 Å². The first-order valence-corrected chi connectivity index (χ1v) is 19.6. The number of aromatic amines is 2. The number of nitrogens with one attached hydrogen (secondary N) is 4. The second-order valence-electron chi connectivity index (χ2n) is 15.7. The van der Waals surface area contributed by atoms with Crippen molar-refractivity contribution in [2.75, 3.05) is 36.0 Å². The molecule has 0 unspecified atom stereocenters. The van der Waals surface area contributed by atoms with Gasteiger partial charge in [0.25, 0.3) is 0 Å². The summed E-state index contributed by atoms with van der Waals surface area (Å²) in [4.78, 5) is 20.8. The number of rotatable bonds is 7. The Labute approximate surface area is 312 Å². The van der Waals surface area contributed by atoms with Gasteiger partial charge in [-0.25, -0.2) is 23.1 Å². The molecule has 0 spiro atoms. The zero-order chi connectivity index (χ0) is 36.4. The second kappa shape index (κ2) is 13.5. The zero-order valence-electron chi connectivity index (χ0n) is 30.2. The minimum atomic E-state index is -1.52. The molecular weight excluding hydrogens is 686 g/mol. The molecule has 0 amide bonds. The molecule has 2 aromatic heterocycles. The molecule has 0 radical (unpaired) electrons. The summed E-state index contributed by atoms with van der Waals surface area (Å²) < 4.78 is 48.8. The van der Waals surface area contributed by atoms with Crippen LogP contribution >= 0.6 is 0 Å². The molecule has 11 heteroatoms. The number of aromatic nitrogens is 4. The molecule has 54 heavy (non-hydrogen) atoms. The molecule has 4 N–H and O–H groups in total. The fraction of sp³-hybridized carbons (Fsp3) is 0.395. The molecule has 0 aliphatic carbocycles. The summed E-state index contributed by atoms with van der Waals surface area (Å²) >= 11 is 0. The maximum Gasteiger partial charge on any atom is 0.151 e. The normalized spacial score (nSPS) is 24.4. The van der Waals surface area contributed by atoms with E-state index in [1.165, 1.54) is 12.1 Å². The van der Waals surface area contributed by atoms with Crippen molar-refractivity contribution in [3.05, 3.63) is 119 Å². The lowest BCUT2D eigenvalue weighted by Gasteiger charge is -2.38. The summed E-state index contributed by atoms with van der Waals surface area (Å²) in [5.41, 5.74) is 5.38. The maximum absolute atomic E-state index is 16.4. The Balaban J connectivity index is 0.997. The van der Waals surface area contributed by atoms with E-state index in [0.717, 1.165) is 96.5 Å². The standard InChI is InChI=1S/C43H45F3N8/c44-30-24-29(25-31(45)40(30)53-20-16-43(46,17-21-53)28-6-2-1-3-7-28)54-38(26-10-12-32-36(22-26)51-41(49-32)34-8-4-18-47-34)14-15-39(54)27-11-13-33-37(23-27)52-42(50-33)35-9-5-19-48-35/h1-3,6-7,10-13,22-25,34-35,38-39,47-48H,4-5,8-9,14-21H2,(H,49,51)(H,50,52)/t34-,35-,38+,39+/m0/s1. The van der Waals surface area contributed by atoms with Crippen molar-refractivity contribution in [2.45, 2.75) is 81.2 Å². The van der Waals surface area contributed by atoms with Crippen molar-refractivity contribution in [2.24, 2.45) is 0 Å². The molecule has 0 bridgehead atoms. The predicted octanol–water partition coefficient (Wildman–Crippen LogP) is 9.11. The van der Waals surface area contributed by atoms with Crippen LogP contribution in [0.15, 0.2) is 78.9 Å². The molecule has 4 fully saturated rings. The van der Waals surface area contributed by atoms with Crippen LogP contribution in [0.2, 0.25) is 0 Å². The second-order valence-corrected chi connectivity index (χ2v) is 15.7. The molecule has 8 nitrogen and oxygen atoms in total. The monoisotopic (exact) mass is 730 g/mol. The van der Waals surface area contributed by atoms with Crippen molar-refractivity contribution in [3.63, 3.8) is 0 Å². The molecule has 4 saturated heterocycles. The Kier molecular flexibility index (Phi) is 8.39. The summed E-state index contributed by atoms with van der Waals surface area (Å²) in [6, 6.07) is 24.9. The van der Waals surface area contributed by atoms with Gasteiger partial charge in [-0.1, -0.05) is 42.5 Å². The van der Waals surface area contributed by atoms with Gasteiger partial charge >= 0.3 is 0 Å². The molecule has 6 heterocycles. The van der Waals surface area contributed by atoms with Gasteiger partial charge in [0.15, 0.2) is 11.6 Å². The van der Waals surface area contributed by atoms with Crippen molar-refractivity contribution in [1.29, 1.82) is 0 Å². The molecule has 278 valence electrons. The number of piperidine rings is 1. The van der Waals surface area contributed by atoms with Crippen molar-refractivity contribution in [3.8, 4) is 0 Å². The first-order chi connectivity index (χ1) is 26.4. The third kappa shape index (κ3) is 5.92. The average Bonchev–Trinajstić information content (AvgIpc) is 4.04. The van der Waals surface area contributed by atoms with Crippen LogP contribution in [-0.2, 0) is 5.67 Å².